The molecule has 1 aromatic heterocycles. The molecule has 4 nitrogen and oxygen atoms in total. The molecule has 0 amide bonds. The van der Waals surface area contributed by atoms with E-state index in [-0.39, 0.29) is 0 Å². The summed E-state index contributed by atoms with van der Waals surface area (Å²) < 4.78 is 0. The van der Waals surface area contributed by atoms with Crippen LogP contribution in [0.15, 0.2) is 48.5 Å². The lowest BCUT2D eigenvalue weighted by molar-refractivity contribution is 1.11. The lowest BCUT2D eigenvalue weighted by Crippen LogP contribution is -2.02. The summed E-state index contributed by atoms with van der Waals surface area (Å²) in [5.41, 5.74) is 4.96. The van der Waals surface area contributed by atoms with Crippen molar-refractivity contribution >= 4 is 34.7 Å². The van der Waals surface area contributed by atoms with Gasteiger partial charge in [0.1, 0.15) is 5.82 Å². The van der Waals surface area contributed by atoms with E-state index in [4.69, 9.17) is 11.6 Å². The summed E-state index contributed by atoms with van der Waals surface area (Å²) in [7, 11) is 0. The maximum Gasteiger partial charge on any atom is 0.229 e. The van der Waals surface area contributed by atoms with Gasteiger partial charge in [0.25, 0.3) is 0 Å². The monoisotopic (exact) mass is 338 g/mol. The van der Waals surface area contributed by atoms with Gasteiger partial charge in [-0.05, 0) is 56.2 Å². The minimum atomic E-state index is 0.532. The number of nitrogens with zero attached hydrogens (tertiary/aromatic N) is 2. The molecule has 3 aromatic rings. The zero-order valence-corrected chi connectivity index (χ0v) is 14.6. The van der Waals surface area contributed by atoms with Crippen molar-refractivity contribution in [2.75, 3.05) is 10.6 Å². The third kappa shape index (κ3) is 4.03. The fourth-order valence-electron chi connectivity index (χ4n) is 2.36. The second kappa shape index (κ2) is 6.89. The number of benzene rings is 2. The molecule has 0 radical (unpaired) electrons. The van der Waals surface area contributed by atoms with Gasteiger partial charge in [-0.15, -0.1) is 0 Å². The van der Waals surface area contributed by atoms with E-state index >= 15 is 0 Å². The standard InChI is InChI=1S/C19H19ClN4/c1-12-5-4-6-15(9-12)22-18-10-14(3)21-19(24-18)23-16-8-7-13(2)17(20)11-16/h4-11H,1-3H3,(H2,21,22,23,24). The number of hydrogen-bond donors (Lipinski definition) is 2. The molecular formula is C19H19ClN4. The first kappa shape index (κ1) is 16.3. The van der Waals surface area contributed by atoms with Crippen LogP contribution in [0.1, 0.15) is 16.8 Å². The normalized spacial score (nSPS) is 10.5. The van der Waals surface area contributed by atoms with Gasteiger partial charge < -0.3 is 10.6 Å². The van der Waals surface area contributed by atoms with Crippen LogP contribution in [0, 0.1) is 20.8 Å². The highest BCUT2D eigenvalue weighted by Crippen LogP contribution is 2.23. The van der Waals surface area contributed by atoms with E-state index < -0.39 is 0 Å². The Balaban J connectivity index is 1.84. The Morgan fingerprint density at radius 1 is 0.833 bits per heavy atom. The van der Waals surface area contributed by atoms with Crippen molar-refractivity contribution in [2.45, 2.75) is 20.8 Å². The van der Waals surface area contributed by atoms with E-state index in [0.29, 0.717) is 11.0 Å². The number of hydrogen-bond acceptors (Lipinski definition) is 4. The van der Waals surface area contributed by atoms with Gasteiger partial charge in [-0.2, -0.15) is 4.98 Å². The summed E-state index contributed by atoms with van der Waals surface area (Å²) in [4.78, 5) is 8.96. The maximum absolute atomic E-state index is 6.17. The van der Waals surface area contributed by atoms with Gasteiger partial charge in [-0.25, -0.2) is 4.98 Å². The van der Waals surface area contributed by atoms with E-state index in [1.807, 2.05) is 50.2 Å². The summed E-state index contributed by atoms with van der Waals surface area (Å²) in [6.07, 6.45) is 0. The predicted octanol–water partition coefficient (Wildman–Crippen LogP) is 5.54. The summed E-state index contributed by atoms with van der Waals surface area (Å²) >= 11 is 6.17. The van der Waals surface area contributed by atoms with Crippen molar-refractivity contribution in [1.82, 2.24) is 9.97 Å². The molecule has 0 aliphatic rings. The number of aromatic nitrogens is 2. The molecule has 0 unspecified atom stereocenters. The molecule has 0 aliphatic carbocycles. The van der Waals surface area contributed by atoms with Crippen molar-refractivity contribution in [3.63, 3.8) is 0 Å². The highest BCUT2D eigenvalue weighted by molar-refractivity contribution is 6.31. The molecule has 2 N–H and O–H groups in total. The van der Waals surface area contributed by atoms with Gasteiger partial charge in [-0.1, -0.05) is 29.8 Å². The molecule has 0 aliphatic heterocycles. The van der Waals surface area contributed by atoms with Crippen LogP contribution in [-0.2, 0) is 0 Å². The van der Waals surface area contributed by atoms with Crippen LogP contribution >= 0.6 is 11.6 Å². The molecule has 0 bridgehead atoms. The Kier molecular flexibility index (Phi) is 4.67. The molecule has 2 aromatic carbocycles. The quantitative estimate of drug-likeness (QED) is 0.655. The third-order valence-electron chi connectivity index (χ3n) is 3.57. The van der Waals surface area contributed by atoms with Crippen LogP contribution in [-0.4, -0.2) is 9.97 Å². The van der Waals surface area contributed by atoms with Crippen LogP contribution in [0.5, 0.6) is 0 Å². The van der Waals surface area contributed by atoms with Gasteiger partial charge in [0.15, 0.2) is 0 Å². The van der Waals surface area contributed by atoms with Crippen molar-refractivity contribution < 1.29 is 0 Å². The Bertz CT molecular complexity index is 877. The van der Waals surface area contributed by atoms with Crippen molar-refractivity contribution in [3.8, 4) is 0 Å². The molecule has 0 saturated heterocycles. The molecule has 0 spiro atoms. The Morgan fingerprint density at radius 3 is 2.38 bits per heavy atom. The van der Waals surface area contributed by atoms with Crippen molar-refractivity contribution in [2.24, 2.45) is 0 Å². The molecule has 122 valence electrons. The smallest absolute Gasteiger partial charge is 0.229 e. The number of anilines is 4. The molecule has 5 heteroatoms. The highest BCUT2D eigenvalue weighted by atomic mass is 35.5. The molecule has 0 saturated carbocycles. The fourth-order valence-corrected chi connectivity index (χ4v) is 2.54. The van der Waals surface area contributed by atoms with E-state index in [1.54, 1.807) is 0 Å². The largest absolute Gasteiger partial charge is 0.340 e. The zero-order chi connectivity index (χ0) is 17.1. The molecular weight excluding hydrogens is 320 g/mol. The SMILES string of the molecule is Cc1cccc(Nc2cc(C)nc(Nc3ccc(C)c(Cl)c3)n2)c1. The second-order valence-corrected chi connectivity index (χ2v) is 6.21. The van der Waals surface area contributed by atoms with Gasteiger partial charge in [0.05, 0.1) is 0 Å². The third-order valence-corrected chi connectivity index (χ3v) is 3.98. The fraction of sp³-hybridized carbons (Fsp3) is 0.158. The second-order valence-electron chi connectivity index (χ2n) is 5.80. The summed E-state index contributed by atoms with van der Waals surface area (Å²) in [5, 5.41) is 7.23. The van der Waals surface area contributed by atoms with E-state index in [9.17, 15) is 0 Å². The zero-order valence-electron chi connectivity index (χ0n) is 13.9. The van der Waals surface area contributed by atoms with Crippen LogP contribution in [0.2, 0.25) is 5.02 Å². The van der Waals surface area contributed by atoms with Gasteiger partial charge in [0.2, 0.25) is 5.95 Å². The van der Waals surface area contributed by atoms with Gasteiger partial charge >= 0.3 is 0 Å². The van der Waals surface area contributed by atoms with E-state index in [1.165, 1.54) is 5.56 Å². The number of rotatable bonds is 4. The lowest BCUT2D eigenvalue weighted by Gasteiger charge is -2.11. The molecule has 24 heavy (non-hydrogen) atoms. The van der Waals surface area contributed by atoms with Gasteiger partial charge in [-0.3, -0.25) is 0 Å². The Hall–Kier alpha value is -2.59. The van der Waals surface area contributed by atoms with Crippen molar-refractivity contribution in [3.05, 3.63) is 70.4 Å². The number of aryl methyl sites for hydroxylation is 3. The first-order valence-corrected chi connectivity index (χ1v) is 8.10. The van der Waals surface area contributed by atoms with Crippen LogP contribution < -0.4 is 10.6 Å². The van der Waals surface area contributed by atoms with Crippen LogP contribution in [0.3, 0.4) is 0 Å². The summed E-state index contributed by atoms with van der Waals surface area (Å²) in [6.45, 7) is 5.97. The topological polar surface area (TPSA) is 49.8 Å². The minimum Gasteiger partial charge on any atom is -0.340 e. The predicted molar refractivity (Wildman–Crippen MR) is 101 cm³/mol. The Morgan fingerprint density at radius 2 is 1.62 bits per heavy atom. The van der Waals surface area contributed by atoms with Crippen LogP contribution in [0.25, 0.3) is 0 Å². The first-order chi connectivity index (χ1) is 11.5. The van der Waals surface area contributed by atoms with Crippen LogP contribution in [0.4, 0.5) is 23.1 Å². The summed E-state index contributed by atoms with van der Waals surface area (Å²) in [6, 6.07) is 15.9. The Labute approximate surface area is 146 Å². The van der Waals surface area contributed by atoms with Crippen molar-refractivity contribution in [1.29, 1.82) is 0 Å². The lowest BCUT2D eigenvalue weighted by atomic mass is 10.2. The maximum atomic E-state index is 6.17. The molecule has 0 fully saturated rings. The van der Waals surface area contributed by atoms with E-state index in [2.05, 4.69) is 39.7 Å². The number of halogens is 1. The molecule has 1 heterocycles. The molecule has 3 rings (SSSR count). The highest BCUT2D eigenvalue weighted by Gasteiger charge is 2.05. The average Bonchev–Trinajstić information content (AvgIpc) is 2.50. The minimum absolute atomic E-state index is 0.532. The number of nitrogens with one attached hydrogen (secondary N) is 2. The first-order valence-electron chi connectivity index (χ1n) is 7.72. The average molecular weight is 339 g/mol. The van der Waals surface area contributed by atoms with Gasteiger partial charge in [0, 0.05) is 28.2 Å². The summed E-state index contributed by atoms with van der Waals surface area (Å²) in [5.74, 6) is 1.28. The van der Waals surface area contributed by atoms with E-state index in [0.717, 1.165) is 28.5 Å². The molecule has 0 atom stereocenters.